The smallest absolute Gasteiger partial charge is 0.236 e. The number of rotatable bonds is 7. The summed E-state index contributed by atoms with van der Waals surface area (Å²) in [5, 5.41) is 5.97. The lowest BCUT2D eigenvalue weighted by atomic mass is 9.97. The molecule has 1 aromatic carbocycles. The van der Waals surface area contributed by atoms with E-state index in [1.54, 1.807) is 12.0 Å². The standard InChI is InChI=1S/C17H25N3O3/c1-23-11-9-18-12-16(21)20-10-5-6-14(13-20)17(22)19-15-7-3-2-4-8-15/h2-4,7-8,14,18H,5-6,9-13H2,1H3,(H,19,22). The third-order valence-corrected chi connectivity index (χ3v) is 3.95. The summed E-state index contributed by atoms with van der Waals surface area (Å²) < 4.78 is 4.93. The minimum atomic E-state index is -0.146. The summed E-state index contributed by atoms with van der Waals surface area (Å²) in [6, 6.07) is 9.41. The van der Waals surface area contributed by atoms with Crippen molar-refractivity contribution in [3.05, 3.63) is 30.3 Å². The van der Waals surface area contributed by atoms with Gasteiger partial charge in [-0.15, -0.1) is 0 Å². The number of carbonyl (C=O) groups is 2. The fraction of sp³-hybridized carbons (Fsp3) is 0.529. The van der Waals surface area contributed by atoms with Gasteiger partial charge < -0.3 is 20.3 Å². The molecule has 23 heavy (non-hydrogen) atoms. The molecule has 0 spiro atoms. The van der Waals surface area contributed by atoms with Gasteiger partial charge >= 0.3 is 0 Å². The Balaban J connectivity index is 1.80. The quantitative estimate of drug-likeness (QED) is 0.738. The first-order valence-electron chi connectivity index (χ1n) is 8.04. The molecule has 1 saturated heterocycles. The van der Waals surface area contributed by atoms with Gasteiger partial charge in [0.1, 0.15) is 0 Å². The number of hydrogen-bond acceptors (Lipinski definition) is 4. The lowest BCUT2D eigenvalue weighted by Gasteiger charge is -2.32. The maximum atomic E-state index is 12.4. The molecule has 0 saturated carbocycles. The molecule has 1 aliphatic rings. The number of benzene rings is 1. The van der Waals surface area contributed by atoms with Gasteiger partial charge in [0.05, 0.1) is 19.1 Å². The Labute approximate surface area is 137 Å². The van der Waals surface area contributed by atoms with Crippen molar-refractivity contribution in [1.29, 1.82) is 0 Å². The molecule has 6 heteroatoms. The van der Waals surface area contributed by atoms with Gasteiger partial charge in [-0.05, 0) is 25.0 Å². The average molecular weight is 319 g/mol. The minimum Gasteiger partial charge on any atom is -0.383 e. The number of methoxy groups -OCH3 is 1. The van der Waals surface area contributed by atoms with Crippen LogP contribution in [0.4, 0.5) is 5.69 Å². The van der Waals surface area contributed by atoms with Gasteiger partial charge in [-0.25, -0.2) is 0 Å². The van der Waals surface area contributed by atoms with E-state index in [9.17, 15) is 9.59 Å². The van der Waals surface area contributed by atoms with Crippen LogP contribution in [-0.2, 0) is 14.3 Å². The molecule has 1 atom stereocenters. The van der Waals surface area contributed by atoms with Crippen molar-refractivity contribution in [1.82, 2.24) is 10.2 Å². The topological polar surface area (TPSA) is 70.7 Å². The number of ether oxygens (including phenoxy) is 1. The fourth-order valence-corrected chi connectivity index (χ4v) is 2.66. The highest BCUT2D eigenvalue weighted by Gasteiger charge is 2.28. The third kappa shape index (κ3) is 5.65. The molecule has 0 radical (unpaired) electrons. The zero-order chi connectivity index (χ0) is 16.5. The van der Waals surface area contributed by atoms with Crippen LogP contribution in [0.2, 0.25) is 0 Å². The van der Waals surface area contributed by atoms with Crippen LogP contribution in [-0.4, -0.2) is 56.6 Å². The highest BCUT2D eigenvalue weighted by molar-refractivity contribution is 5.93. The fourth-order valence-electron chi connectivity index (χ4n) is 2.66. The summed E-state index contributed by atoms with van der Waals surface area (Å²) in [6.45, 7) is 2.73. The number of para-hydroxylation sites is 1. The summed E-state index contributed by atoms with van der Waals surface area (Å²) in [6.07, 6.45) is 1.68. The molecule has 126 valence electrons. The molecule has 1 aliphatic heterocycles. The maximum absolute atomic E-state index is 12.4. The van der Waals surface area contributed by atoms with E-state index in [1.165, 1.54) is 0 Å². The van der Waals surface area contributed by atoms with Crippen LogP contribution in [0.1, 0.15) is 12.8 Å². The normalized spacial score (nSPS) is 17.8. The second-order valence-electron chi connectivity index (χ2n) is 5.70. The summed E-state index contributed by atoms with van der Waals surface area (Å²) in [4.78, 5) is 26.3. The first kappa shape index (κ1) is 17.4. The Morgan fingerprint density at radius 2 is 2.09 bits per heavy atom. The lowest BCUT2D eigenvalue weighted by Crippen LogP contribution is -2.47. The van der Waals surface area contributed by atoms with Gasteiger partial charge in [0.15, 0.2) is 0 Å². The van der Waals surface area contributed by atoms with Crippen molar-refractivity contribution >= 4 is 17.5 Å². The van der Waals surface area contributed by atoms with Crippen molar-refractivity contribution in [2.75, 3.05) is 45.2 Å². The molecule has 1 aromatic rings. The summed E-state index contributed by atoms with van der Waals surface area (Å²) in [5.41, 5.74) is 0.794. The Morgan fingerprint density at radius 1 is 1.30 bits per heavy atom. The van der Waals surface area contributed by atoms with Crippen LogP contribution < -0.4 is 10.6 Å². The maximum Gasteiger partial charge on any atom is 0.236 e. The van der Waals surface area contributed by atoms with E-state index in [4.69, 9.17) is 4.74 Å². The number of carbonyl (C=O) groups excluding carboxylic acids is 2. The molecule has 2 amide bonds. The first-order chi connectivity index (χ1) is 11.2. The van der Waals surface area contributed by atoms with Crippen molar-refractivity contribution in [2.45, 2.75) is 12.8 Å². The molecule has 1 fully saturated rings. The number of hydrogen-bond donors (Lipinski definition) is 2. The first-order valence-corrected chi connectivity index (χ1v) is 8.04. The van der Waals surface area contributed by atoms with Crippen molar-refractivity contribution in [2.24, 2.45) is 5.92 Å². The molecule has 0 bridgehead atoms. The largest absolute Gasteiger partial charge is 0.383 e. The molecular formula is C17H25N3O3. The predicted octanol–water partition coefficient (Wildman–Crippen LogP) is 1.10. The van der Waals surface area contributed by atoms with Crippen LogP contribution in [0.15, 0.2) is 30.3 Å². The zero-order valence-corrected chi connectivity index (χ0v) is 13.6. The van der Waals surface area contributed by atoms with Gasteiger partial charge in [-0.3, -0.25) is 9.59 Å². The molecule has 1 unspecified atom stereocenters. The van der Waals surface area contributed by atoms with Crippen LogP contribution in [0, 0.1) is 5.92 Å². The number of likely N-dealkylation sites (tertiary alicyclic amines) is 1. The Hall–Kier alpha value is -1.92. The van der Waals surface area contributed by atoms with Gasteiger partial charge in [-0.1, -0.05) is 18.2 Å². The van der Waals surface area contributed by atoms with Gasteiger partial charge in [0.2, 0.25) is 11.8 Å². The molecule has 6 nitrogen and oxygen atoms in total. The number of anilines is 1. The molecule has 0 aliphatic carbocycles. The van der Waals surface area contributed by atoms with Gasteiger partial charge in [0.25, 0.3) is 0 Å². The number of piperidine rings is 1. The highest BCUT2D eigenvalue weighted by Crippen LogP contribution is 2.18. The van der Waals surface area contributed by atoms with E-state index >= 15 is 0 Å². The average Bonchev–Trinajstić information content (AvgIpc) is 2.59. The Bertz CT molecular complexity index is 507. The number of amides is 2. The third-order valence-electron chi connectivity index (χ3n) is 3.95. The van der Waals surface area contributed by atoms with Gasteiger partial charge in [0, 0.05) is 32.4 Å². The van der Waals surface area contributed by atoms with Crippen LogP contribution >= 0.6 is 0 Å². The minimum absolute atomic E-state index is 0.0129. The summed E-state index contributed by atoms with van der Waals surface area (Å²) in [7, 11) is 1.63. The Morgan fingerprint density at radius 3 is 2.83 bits per heavy atom. The summed E-state index contributed by atoms with van der Waals surface area (Å²) in [5.74, 6) is -0.119. The van der Waals surface area contributed by atoms with Crippen molar-refractivity contribution in [3.63, 3.8) is 0 Å². The van der Waals surface area contributed by atoms with Crippen LogP contribution in [0.3, 0.4) is 0 Å². The highest BCUT2D eigenvalue weighted by atomic mass is 16.5. The SMILES string of the molecule is COCCNCC(=O)N1CCCC(C(=O)Nc2ccccc2)C1. The molecule has 2 rings (SSSR count). The van der Waals surface area contributed by atoms with E-state index < -0.39 is 0 Å². The predicted molar refractivity (Wildman–Crippen MR) is 89.1 cm³/mol. The van der Waals surface area contributed by atoms with Crippen molar-refractivity contribution in [3.8, 4) is 0 Å². The van der Waals surface area contributed by atoms with Crippen molar-refractivity contribution < 1.29 is 14.3 Å². The van der Waals surface area contributed by atoms with E-state index in [0.717, 1.165) is 25.1 Å². The lowest BCUT2D eigenvalue weighted by molar-refractivity contribution is -0.133. The molecule has 0 aromatic heterocycles. The second-order valence-corrected chi connectivity index (χ2v) is 5.70. The molecule has 2 N–H and O–H groups in total. The van der Waals surface area contributed by atoms with E-state index in [-0.39, 0.29) is 24.3 Å². The number of nitrogens with one attached hydrogen (secondary N) is 2. The monoisotopic (exact) mass is 319 g/mol. The molecule has 1 heterocycles. The second kappa shape index (κ2) is 9.27. The van der Waals surface area contributed by atoms with E-state index in [1.807, 2.05) is 30.3 Å². The van der Waals surface area contributed by atoms with Crippen LogP contribution in [0.5, 0.6) is 0 Å². The van der Waals surface area contributed by atoms with Gasteiger partial charge in [-0.2, -0.15) is 0 Å². The van der Waals surface area contributed by atoms with Crippen LogP contribution in [0.25, 0.3) is 0 Å². The summed E-state index contributed by atoms with van der Waals surface area (Å²) >= 11 is 0. The van der Waals surface area contributed by atoms with E-state index in [0.29, 0.717) is 19.7 Å². The number of nitrogens with zero attached hydrogens (tertiary/aromatic N) is 1. The Kier molecular flexibility index (Phi) is 7.03. The molecular weight excluding hydrogens is 294 g/mol. The van der Waals surface area contributed by atoms with E-state index in [2.05, 4.69) is 10.6 Å². The zero-order valence-electron chi connectivity index (χ0n) is 13.6.